The number of hydrogen-bond acceptors (Lipinski definition) is 2. The summed E-state index contributed by atoms with van der Waals surface area (Å²) >= 11 is 9.46. The smallest absolute Gasteiger partial charge is 0.219 e. The molecule has 0 aliphatic carbocycles. The van der Waals surface area contributed by atoms with Crippen molar-refractivity contribution >= 4 is 38.3 Å². The Morgan fingerprint density at radius 1 is 1.10 bits per heavy atom. The molecule has 4 heteroatoms. The van der Waals surface area contributed by atoms with Crippen molar-refractivity contribution in [1.29, 1.82) is 0 Å². The van der Waals surface area contributed by atoms with E-state index in [0.29, 0.717) is 11.8 Å². The lowest BCUT2D eigenvalue weighted by atomic mass is 10.1. The van der Waals surface area contributed by atoms with E-state index in [-0.39, 0.29) is 0 Å². The molecule has 1 heterocycles. The Hall–Kier alpha value is -1.58. The molecule has 1 aromatic heterocycles. The molecule has 0 aliphatic rings. The summed E-state index contributed by atoms with van der Waals surface area (Å²) in [4.78, 5) is 4.43. The standard InChI is InChI=1S/C17H13BrClNO/c1-11-13(10-19)7-9-16(20-11)21-15-8-6-12-4-2-3-5-14(12)17(15)18/h2-9H,10H2,1H3. The predicted molar refractivity (Wildman–Crippen MR) is 90.3 cm³/mol. The molecule has 3 rings (SSSR count). The van der Waals surface area contributed by atoms with Gasteiger partial charge in [-0.1, -0.05) is 36.4 Å². The highest BCUT2D eigenvalue weighted by atomic mass is 79.9. The second-order valence-corrected chi connectivity index (χ2v) is 5.79. The zero-order valence-corrected chi connectivity index (χ0v) is 13.8. The van der Waals surface area contributed by atoms with E-state index in [4.69, 9.17) is 16.3 Å². The fourth-order valence-corrected chi connectivity index (χ4v) is 3.03. The zero-order chi connectivity index (χ0) is 14.8. The van der Waals surface area contributed by atoms with Gasteiger partial charge in [-0.15, -0.1) is 11.6 Å². The number of aromatic nitrogens is 1. The van der Waals surface area contributed by atoms with Crippen molar-refractivity contribution in [3.8, 4) is 11.6 Å². The summed E-state index contributed by atoms with van der Waals surface area (Å²) in [5, 5.41) is 2.28. The lowest BCUT2D eigenvalue weighted by molar-refractivity contribution is 0.459. The summed E-state index contributed by atoms with van der Waals surface area (Å²) in [5.74, 6) is 1.77. The quantitative estimate of drug-likeness (QED) is 0.546. The molecule has 0 bridgehead atoms. The van der Waals surface area contributed by atoms with Crippen LogP contribution in [0.25, 0.3) is 10.8 Å². The molecular weight excluding hydrogens is 350 g/mol. The maximum absolute atomic E-state index is 5.90. The highest BCUT2D eigenvalue weighted by Crippen LogP contribution is 2.35. The minimum atomic E-state index is 0.457. The van der Waals surface area contributed by atoms with Crippen LogP contribution in [0.5, 0.6) is 11.6 Å². The number of benzene rings is 2. The minimum absolute atomic E-state index is 0.457. The number of ether oxygens (including phenoxy) is 1. The third-order valence-corrected chi connectivity index (χ3v) is 4.46. The van der Waals surface area contributed by atoms with Crippen molar-refractivity contribution in [3.05, 3.63) is 64.3 Å². The van der Waals surface area contributed by atoms with E-state index in [1.165, 1.54) is 5.39 Å². The summed E-state index contributed by atoms with van der Waals surface area (Å²) in [6.07, 6.45) is 0. The maximum atomic E-state index is 5.90. The van der Waals surface area contributed by atoms with Gasteiger partial charge >= 0.3 is 0 Å². The lowest BCUT2D eigenvalue weighted by Gasteiger charge is -2.10. The van der Waals surface area contributed by atoms with Gasteiger partial charge < -0.3 is 4.74 Å². The van der Waals surface area contributed by atoms with Gasteiger partial charge in [0.05, 0.1) is 4.47 Å². The van der Waals surface area contributed by atoms with Crippen LogP contribution in [0.2, 0.25) is 0 Å². The van der Waals surface area contributed by atoms with Gasteiger partial charge in [0.15, 0.2) is 0 Å². The topological polar surface area (TPSA) is 22.1 Å². The van der Waals surface area contributed by atoms with Gasteiger partial charge in [0.25, 0.3) is 0 Å². The van der Waals surface area contributed by atoms with E-state index in [2.05, 4.69) is 33.0 Å². The number of alkyl halides is 1. The first-order valence-corrected chi connectivity index (χ1v) is 7.89. The van der Waals surface area contributed by atoms with E-state index in [1.807, 2.05) is 43.3 Å². The van der Waals surface area contributed by atoms with Gasteiger partial charge in [0.1, 0.15) is 5.75 Å². The molecule has 106 valence electrons. The van der Waals surface area contributed by atoms with E-state index in [1.54, 1.807) is 0 Å². The SMILES string of the molecule is Cc1nc(Oc2ccc3ccccc3c2Br)ccc1CCl. The largest absolute Gasteiger partial charge is 0.438 e. The summed E-state index contributed by atoms with van der Waals surface area (Å²) in [5.41, 5.74) is 1.90. The van der Waals surface area contributed by atoms with Crippen LogP contribution in [0.3, 0.4) is 0 Å². The normalized spacial score (nSPS) is 10.8. The summed E-state index contributed by atoms with van der Waals surface area (Å²) in [6.45, 7) is 1.93. The summed E-state index contributed by atoms with van der Waals surface area (Å²) < 4.78 is 6.83. The lowest BCUT2D eigenvalue weighted by Crippen LogP contribution is -1.94. The molecular formula is C17H13BrClNO. The van der Waals surface area contributed by atoms with Gasteiger partial charge in [-0.3, -0.25) is 0 Å². The van der Waals surface area contributed by atoms with Gasteiger partial charge in [-0.05, 0) is 45.3 Å². The molecule has 3 aromatic rings. The third-order valence-electron chi connectivity index (χ3n) is 3.36. The number of fused-ring (bicyclic) bond motifs is 1. The van der Waals surface area contributed by atoms with Gasteiger partial charge in [-0.2, -0.15) is 0 Å². The van der Waals surface area contributed by atoms with Gasteiger partial charge in [0.2, 0.25) is 5.88 Å². The number of aryl methyl sites for hydroxylation is 1. The van der Waals surface area contributed by atoms with Gasteiger partial charge in [-0.25, -0.2) is 4.98 Å². The van der Waals surface area contributed by atoms with E-state index < -0.39 is 0 Å². The van der Waals surface area contributed by atoms with Crippen molar-refractivity contribution in [2.24, 2.45) is 0 Å². The molecule has 2 nitrogen and oxygen atoms in total. The van der Waals surface area contributed by atoms with Crippen molar-refractivity contribution in [3.63, 3.8) is 0 Å². The molecule has 0 spiro atoms. The molecule has 0 aliphatic heterocycles. The number of hydrogen-bond donors (Lipinski definition) is 0. The molecule has 0 atom stereocenters. The van der Waals surface area contributed by atoms with Crippen molar-refractivity contribution in [2.45, 2.75) is 12.8 Å². The van der Waals surface area contributed by atoms with Crippen LogP contribution in [-0.4, -0.2) is 4.98 Å². The Bertz CT molecular complexity index is 804. The number of nitrogens with zero attached hydrogens (tertiary/aromatic N) is 1. The van der Waals surface area contributed by atoms with Crippen LogP contribution in [0, 0.1) is 6.92 Å². The first-order chi connectivity index (χ1) is 10.2. The van der Waals surface area contributed by atoms with E-state index in [9.17, 15) is 0 Å². The van der Waals surface area contributed by atoms with Crippen LogP contribution in [0.4, 0.5) is 0 Å². The maximum Gasteiger partial charge on any atom is 0.219 e. The van der Waals surface area contributed by atoms with E-state index >= 15 is 0 Å². The highest BCUT2D eigenvalue weighted by molar-refractivity contribution is 9.10. The molecule has 0 saturated carbocycles. The fourth-order valence-electron chi connectivity index (χ4n) is 2.17. The highest BCUT2D eigenvalue weighted by Gasteiger charge is 2.08. The van der Waals surface area contributed by atoms with Crippen LogP contribution in [0.15, 0.2) is 53.0 Å². The first-order valence-electron chi connectivity index (χ1n) is 6.56. The van der Waals surface area contributed by atoms with Crippen LogP contribution < -0.4 is 4.74 Å². The molecule has 0 fully saturated rings. The third kappa shape index (κ3) is 2.89. The van der Waals surface area contributed by atoms with Crippen LogP contribution in [-0.2, 0) is 5.88 Å². The molecule has 2 aromatic carbocycles. The molecule has 0 N–H and O–H groups in total. The summed E-state index contributed by atoms with van der Waals surface area (Å²) in [7, 11) is 0. The fraction of sp³-hybridized carbons (Fsp3) is 0.118. The number of rotatable bonds is 3. The average molecular weight is 363 g/mol. The second kappa shape index (κ2) is 6.04. The Morgan fingerprint density at radius 2 is 1.90 bits per heavy atom. The average Bonchev–Trinajstić information content (AvgIpc) is 2.51. The monoisotopic (exact) mass is 361 g/mol. The number of halogens is 2. The van der Waals surface area contributed by atoms with Gasteiger partial charge in [0, 0.05) is 17.6 Å². The summed E-state index contributed by atoms with van der Waals surface area (Å²) in [6, 6.07) is 15.9. The van der Waals surface area contributed by atoms with Crippen molar-refractivity contribution < 1.29 is 4.74 Å². The first kappa shape index (κ1) is 14.4. The Morgan fingerprint density at radius 3 is 2.67 bits per heavy atom. The van der Waals surface area contributed by atoms with Crippen LogP contribution >= 0.6 is 27.5 Å². The van der Waals surface area contributed by atoms with Crippen molar-refractivity contribution in [2.75, 3.05) is 0 Å². The zero-order valence-electron chi connectivity index (χ0n) is 11.4. The second-order valence-electron chi connectivity index (χ2n) is 4.73. The van der Waals surface area contributed by atoms with E-state index in [0.717, 1.165) is 26.9 Å². The Balaban J connectivity index is 1.98. The Kier molecular flexibility index (Phi) is 4.13. The molecule has 0 amide bonds. The van der Waals surface area contributed by atoms with Crippen molar-refractivity contribution in [1.82, 2.24) is 4.98 Å². The molecule has 21 heavy (non-hydrogen) atoms. The minimum Gasteiger partial charge on any atom is -0.438 e. The predicted octanol–water partition coefficient (Wildman–Crippen LogP) is 5.84. The molecule has 0 unspecified atom stereocenters. The Labute approximate surface area is 136 Å². The number of pyridine rings is 1. The molecule has 0 radical (unpaired) electrons. The van der Waals surface area contributed by atoms with Crippen LogP contribution in [0.1, 0.15) is 11.3 Å². The molecule has 0 saturated heterocycles.